The molecule has 7 heteroatoms. The van der Waals surface area contributed by atoms with E-state index in [-0.39, 0.29) is 0 Å². The summed E-state index contributed by atoms with van der Waals surface area (Å²) in [4.78, 5) is 36.1. The summed E-state index contributed by atoms with van der Waals surface area (Å²) < 4.78 is 21.2. The first-order valence-corrected chi connectivity index (χ1v) is 11.3. The van der Waals surface area contributed by atoms with E-state index in [9.17, 15) is 14.4 Å². The molecule has 2 aromatic carbocycles. The minimum absolute atomic E-state index is 0.292. The molecule has 1 saturated carbocycles. The van der Waals surface area contributed by atoms with E-state index in [0.29, 0.717) is 53.2 Å². The molecule has 7 nitrogen and oxygen atoms in total. The van der Waals surface area contributed by atoms with Crippen LogP contribution in [0.1, 0.15) is 52.0 Å². The van der Waals surface area contributed by atoms with Gasteiger partial charge >= 0.3 is 17.9 Å². The highest BCUT2D eigenvalue weighted by Gasteiger charge is 2.24. The van der Waals surface area contributed by atoms with Crippen LogP contribution in [0.3, 0.4) is 0 Å². The summed E-state index contributed by atoms with van der Waals surface area (Å²) in [6.45, 7) is 5.93. The fourth-order valence-corrected chi connectivity index (χ4v) is 3.92. The molecule has 2 aromatic rings. The van der Waals surface area contributed by atoms with Gasteiger partial charge in [0.15, 0.2) is 0 Å². The topological polar surface area (TPSA) is 88.1 Å². The van der Waals surface area contributed by atoms with Crippen LogP contribution in [0, 0.1) is 18.8 Å². The summed E-state index contributed by atoms with van der Waals surface area (Å²) in [6.07, 6.45) is 4.87. The van der Waals surface area contributed by atoms with E-state index in [4.69, 9.17) is 18.9 Å². The van der Waals surface area contributed by atoms with Crippen molar-refractivity contribution >= 4 is 17.9 Å². The molecule has 0 saturated heterocycles. The smallest absolute Gasteiger partial charge is 0.343 e. The van der Waals surface area contributed by atoms with Gasteiger partial charge in [-0.2, -0.15) is 0 Å². The zero-order chi connectivity index (χ0) is 24.5. The third-order valence-electron chi connectivity index (χ3n) is 6.00. The Morgan fingerprint density at radius 2 is 1.47 bits per heavy atom. The van der Waals surface area contributed by atoms with E-state index < -0.39 is 17.9 Å². The van der Waals surface area contributed by atoms with Crippen LogP contribution in [-0.4, -0.2) is 38.2 Å². The maximum Gasteiger partial charge on any atom is 0.343 e. The standard InChI is InChI=1S/C27H30O7/c1-4-25(28)32-16-19-5-7-20(8-6-19)17-33-27(30)24-14-13-23(15-18(24)2)34-26(29)21-9-11-22(31-3)12-10-21/h4,9-15,19-20H,1,5-8,16-17H2,2-3H3. The molecule has 0 aromatic heterocycles. The molecule has 180 valence electrons. The number of hydrogen-bond acceptors (Lipinski definition) is 7. The van der Waals surface area contributed by atoms with Gasteiger partial charge in [-0.25, -0.2) is 14.4 Å². The van der Waals surface area contributed by atoms with Crippen molar-refractivity contribution in [1.29, 1.82) is 0 Å². The molecule has 1 fully saturated rings. The van der Waals surface area contributed by atoms with Crippen LogP contribution in [0.2, 0.25) is 0 Å². The molecular weight excluding hydrogens is 436 g/mol. The van der Waals surface area contributed by atoms with Crippen LogP contribution in [0.25, 0.3) is 0 Å². The van der Waals surface area contributed by atoms with Gasteiger partial charge in [-0.1, -0.05) is 6.58 Å². The number of aryl methyl sites for hydroxylation is 1. The number of hydrogen-bond donors (Lipinski definition) is 0. The van der Waals surface area contributed by atoms with Crippen LogP contribution < -0.4 is 9.47 Å². The molecule has 0 atom stereocenters. The summed E-state index contributed by atoms with van der Waals surface area (Å²) in [5.74, 6) is 0.349. The molecule has 0 bridgehead atoms. The molecule has 34 heavy (non-hydrogen) atoms. The maximum atomic E-state index is 12.6. The number of esters is 3. The van der Waals surface area contributed by atoms with Gasteiger partial charge in [-0.3, -0.25) is 0 Å². The SMILES string of the molecule is C=CC(=O)OCC1CCC(COC(=O)c2ccc(OC(=O)c3ccc(OC)cc3)cc2C)CC1. The lowest BCUT2D eigenvalue weighted by molar-refractivity contribution is -0.139. The van der Waals surface area contributed by atoms with Gasteiger partial charge in [0.05, 0.1) is 31.5 Å². The molecule has 0 spiro atoms. The monoisotopic (exact) mass is 466 g/mol. The van der Waals surface area contributed by atoms with Gasteiger partial charge in [0.2, 0.25) is 0 Å². The van der Waals surface area contributed by atoms with Crippen molar-refractivity contribution in [2.45, 2.75) is 32.6 Å². The molecule has 0 amide bonds. The molecule has 0 unspecified atom stereocenters. The van der Waals surface area contributed by atoms with E-state index >= 15 is 0 Å². The van der Waals surface area contributed by atoms with Crippen LogP contribution in [0.15, 0.2) is 55.1 Å². The van der Waals surface area contributed by atoms with Gasteiger partial charge in [0.25, 0.3) is 0 Å². The van der Waals surface area contributed by atoms with E-state index in [0.717, 1.165) is 25.7 Å². The van der Waals surface area contributed by atoms with Crippen molar-refractivity contribution in [2.24, 2.45) is 11.8 Å². The van der Waals surface area contributed by atoms with Crippen molar-refractivity contribution in [2.75, 3.05) is 20.3 Å². The lowest BCUT2D eigenvalue weighted by Gasteiger charge is -2.27. The lowest BCUT2D eigenvalue weighted by Crippen LogP contribution is -2.23. The van der Waals surface area contributed by atoms with Gasteiger partial charge in [0.1, 0.15) is 11.5 Å². The van der Waals surface area contributed by atoms with Crippen LogP contribution in [0.4, 0.5) is 0 Å². The quantitative estimate of drug-likeness (QED) is 0.295. The Kier molecular flexibility index (Phi) is 8.85. The fourth-order valence-electron chi connectivity index (χ4n) is 3.92. The van der Waals surface area contributed by atoms with Gasteiger partial charge in [-0.05, 0) is 92.5 Å². The molecule has 0 N–H and O–H groups in total. The number of carbonyl (C=O) groups excluding carboxylic acids is 3. The van der Waals surface area contributed by atoms with E-state index in [1.807, 2.05) is 0 Å². The van der Waals surface area contributed by atoms with Crippen LogP contribution in [0.5, 0.6) is 11.5 Å². The summed E-state index contributed by atoms with van der Waals surface area (Å²) >= 11 is 0. The predicted molar refractivity (Wildman–Crippen MR) is 126 cm³/mol. The Labute approximate surface area is 199 Å². The fraction of sp³-hybridized carbons (Fsp3) is 0.370. The van der Waals surface area contributed by atoms with Crippen LogP contribution >= 0.6 is 0 Å². The van der Waals surface area contributed by atoms with E-state index in [1.165, 1.54) is 6.08 Å². The first kappa shape index (κ1) is 25.0. The second-order valence-electron chi connectivity index (χ2n) is 8.41. The first-order chi connectivity index (χ1) is 16.4. The minimum atomic E-state index is -0.493. The third-order valence-corrected chi connectivity index (χ3v) is 6.00. The first-order valence-electron chi connectivity index (χ1n) is 11.3. The number of ether oxygens (including phenoxy) is 4. The molecule has 0 radical (unpaired) electrons. The Morgan fingerprint density at radius 3 is 2.03 bits per heavy atom. The summed E-state index contributed by atoms with van der Waals surface area (Å²) in [5.41, 5.74) is 1.50. The summed E-state index contributed by atoms with van der Waals surface area (Å²) in [7, 11) is 1.56. The zero-order valence-electron chi connectivity index (χ0n) is 19.6. The second-order valence-corrected chi connectivity index (χ2v) is 8.41. The minimum Gasteiger partial charge on any atom is -0.497 e. The normalized spacial score (nSPS) is 17.4. The van der Waals surface area contributed by atoms with Gasteiger partial charge < -0.3 is 18.9 Å². The van der Waals surface area contributed by atoms with E-state index in [2.05, 4.69) is 6.58 Å². The van der Waals surface area contributed by atoms with Gasteiger partial charge in [0, 0.05) is 6.08 Å². The Hall–Kier alpha value is -3.61. The average Bonchev–Trinajstić information content (AvgIpc) is 2.86. The number of benzene rings is 2. The molecule has 1 aliphatic carbocycles. The average molecular weight is 467 g/mol. The zero-order valence-corrected chi connectivity index (χ0v) is 19.6. The predicted octanol–water partition coefficient (Wildman–Crippen LogP) is 4.92. The summed E-state index contributed by atoms with van der Waals surface area (Å²) in [6, 6.07) is 11.5. The van der Waals surface area contributed by atoms with Crippen molar-refractivity contribution in [3.05, 3.63) is 71.8 Å². The molecule has 0 heterocycles. The van der Waals surface area contributed by atoms with Crippen molar-refractivity contribution in [3.63, 3.8) is 0 Å². The maximum absolute atomic E-state index is 12.6. The Bertz CT molecular complexity index is 1020. The highest BCUT2D eigenvalue weighted by Crippen LogP contribution is 2.29. The lowest BCUT2D eigenvalue weighted by atomic mass is 9.83. The van der Waals surface area contributed by atoms with Crippen molar-refractivity contribution < 1.29 is 33.3 Å². The summed E-state index contributed by atoms with van der Waals surface area (Å²) in [5, 5.41) is 0. The number of carbonyl (C=O) groups is 3. The third kappa shape index (κ3) is 6.94. The van der Waals surface area contributed by atoms with Gasteiger partial charge in [-0.15, -0.1) is 0 Å². The Balaban J connectivity index is 1.47. The molecule has 1 aliphatic rings. The molecule has 3 rings (SSSR count). The number of rotatable bonds is 9. The second kappa shape index (κ2) is 12.0. The van der Waals surface area contributed by atoms with Crippen molar-refractivity contribution in [1.82, 2.24) is 0 Å². The largest absolute Gasteiger partial charge is 0.497 e. The highest BCUT2D eigenvalue weighted by atomic mass is 16.5. The molecular formula is C27H30O7. The molecule has 0 aliphatic heterocycles. The van der Waals surface area contributed by atoms with Crippen molar-refractivity contribution in [3.8, 4) is 11.5 Å². The Morgan fingerprint density at radius 1 is 0.882 bits per heavy atom. The van der Waals surface area contributed by atoms with Crippen LogP contribution in [-0.2, 0) is 14.3 Å². The van der Waals surface area contributed by atoms with E-state index in [1.54, 1.807) is 56.5 Å². The number of methoxy groups -OCH3 is 1. The highest BCUT2D eigenvalue weighted by molar-refractivity contribution is 5.93.